The van der Waals surface area contributed by atoms with Crippen LogP contribution in [0.25, 0.3) is 0 Å². The molecule has 1 heterocycles. The first-order chi connectivity index (χ1) is 5.61. The highest BCUT2D eigenvalue weighted by Crippen LogP contribution is 2.17. The maximum atomic E-state index is 5.54. The molecule has 2 N–H and O–H groups in total. The molecule has 0 bridgehead atoms. The smallest absolute Gasteiger partial charge is 0.169 e. The Bertz CT molecular complexity index is 253. The van der Waals surface area contributed by atoms with Gasteiger partial charge < -0.3 is 10.3 Å². The summed E-state index contributed by atoms with van der Waals surface area (Å²) in [6.07, 6.45) is 2.06. The number of nitrogens with zero attached hydrogens (tertiary/aromatic N) is 1. The largest absolute Gasteiger partial charge is 0.381 e. The van der Waals surface area contributed by atoms with E-state index in [4.69, 9.17) is 10.3 Å². The van der Waals surface area contributed by atoms with Crippen molar-refractivity contribution >= 4 is 5.82 Å². The van der Waals surface area contributed by atoms with Crippen LogP contribution >= 0.6 is 0 Å². The minimum absolute atomic E-state index is 0.522. The van der Waals surface area contributed by atoms with E-state index in [1.54, 1.807) is 0 Å². The van der Waals surface area contributed by atoms with Gasteiger partial charge in [-0.2, -0.15) is 0 Å². The molecule has 0 saturated carbocycles. The Morgan fingerprint density at radius 3 is 2.58 bits per heavy atom. The van der Waals surface area contributed by atoms with Crippen molar-refractivity contribution in [3.05, 3.63) is 11.3 Å². The fraction of sp³-hybridized carbons (Fsp3) is 0.667. The van der Waals surface area contributed by atoms with Gasteiger partial charge in [0.15, 0.2) is 5.82 Å². The van der Waals surface area contributed by atoms with Crippen LogP contribution in [0.5, 0.6) is 0 Å². The van der Waals surface area contributed by atoms with Crippen molar-refractivity contribution in [1.29, 1.82) is 0 Å². The SMILES string of the molecule is Cc1c(N)noc1CCC(C)C. The molecule has 0 atom stereocenters. The predicted octanol–water partition coefficient (Wildman–Crippen LogP) is 2.15. The number of anilines is 1. The van der Waals surface area contributed by atoms with Crippen molar-refractivity contribution in [3.63, 3.8) is 0 Å². The minimum Gasteiger partial charge on any atom is -0.381 e. The molecular weight excluding hydrogens is 152 g/mol. The summed E-state index contributed by atoms with van der Waals surface area (Å²) >= 11 is 0. The summed E-state index contributed by atoms with van der Waals surface area (Å²) in [4.78, 5) is 0. The third kappa shape index (κ3) is 2.00. The molecule has 1 rings (SSSR count). The number of hydrogen-bond donors (Lipinski definition) is 1. The molecule has 1 aromatic heterocycles. The monoisotopic (exact) mass is 168 g/mol. The van der Waals surface area contributed by atoms with Crippen LogP contribution in [-0.4, -0.2) is 5.16 Å². The lowest BCUT2D eigenvalue weighted by atomic mass is 10.1. The van der Waals surface area contributed by atoms with E-state index in [1.165, 1.54) is 0 Å². The Morgan fingerprint density at radius 2 is 2.17 bits per heavy atom. The van der Waals surface area contributed by atoms with E-state index in [0.29, 0.717) is 11.7 Å². The number of aromatic nitrogens is 1. The average molecular weight is 168 g/mol. The summed E-state index contributed by atoms with van der Waals surface area (Å²) in [7, 11) is 0. The van der Waals surface area contributed by atoms with E-state index in [9.17, 15) is 0 Å². The first-order valence-electron chi connectivity index (χ1n) is 4.32. The predicted molar refractivity (Wildman–Crippen MR) is 48.8 cm³/mol. The van der Waals surface area contributed by atoms with Crippen molar-refractivity contribution in [2.45, 2.75) is 33.6 Å². The van der Waals surface area contributed by atoms with Crippen LogP contribution in [0.2, 0.25) is 0 Å². The number of nitrogens with two attached hydrogens (primary N) is 1. The molecule has 1 aromatic rings. The summed E-state index contributed by atoms with van der Waals surface area (Å²) in [6, 6.07) is 0. The van der Waals surface area contributed by atoms with Gasteiger partial charge in [0.05, 0.1) is 0 Å². The third-order valence-electron chi connectivity index (χ3n) is 2.01. The van der Waals surface area contributed by atoms with Crippen molar-refractivity contribution in [1.82, 2.24) is 5.16 Å². The van der Waals surface area contributed by atoms with Crippen molar-refractivity contribution in [2.75, 3.05) is 5.73 Å². The molecule has 3 nitrogen and oxygen atoms in total. The molecule has 0 radical (unpaired) electrons. The molecule has 0 aliphatic heterocycles. The zero-order valence-corrected chi connectivity index (χ0v) is 7.92. The minimum atomic E-state index is 0.522. The van der Waals surface area contributed by atoms with Gasteiger partial charge in [0.1, 0.15) is 5.76 Å². The van der Waals surface area contributed by atoms with Gasteiger partial charge in [0.2, 0.25) is 0 Å². The summed E-state index contributed by atoms with van der Waals surface area (Å²) in [5, 5.41) is 3.70. The Kier molecular flexibility index (Phi) is 2.74. The summed E-state index contributed by atoms with van der Waals surface area (Å²) in [6.45, 7) is 6.33. The third-order valence-corrected chi connectivity index (χ3v) is 2.01. The van der Waals surface area contributed by atoms with Gasteiger partial charge in [0, 0.05) is 12.0 Å². The highest BCUT2D eigenvalue weighted by molar-refractivity contribution is 5.38. The molecule has 0 aliphatic carbocycles. The van der Waals surface area contributed by atoms with E-state index < -0.39 is 0 Å². The van der Waals surface area contributed by atoms with Crippen LogP contribution < -0.4 is 5.73 Å². The van der Waals surface area contributed by atoms with Gasteiger partial charge in [-0.05, 0) is 19.3 Å². The van der Waals surface area contributed by atoms with E-state index in [2.05, 4.69) is 19.0 Å². The Labute approximate surface area is 72.9 Å². The van der Waals surface area contributed by atoms with Crippen molar-refractivity contribution in [2.24, 2.45) is 5.92 Å². The number of aryl methyl sites for hydroxylation is 1. The first kappa shape index (κ1) is 9.10. The number of rotatable bonds is 3. The summed E-state index contributed by atoms with van der Waals surface area (Å²) < 4.78 is 5.07. The topological polar surface area (TPSA) is 52.0 Å². The van der Waals surface area contributed by atoms with Gasteiger partial charge in [-0.1, -0.05) is 19.0 Å². The van der Waals surface area contributed by atoms with Crippen molar-refractivity contribution < 1.29 is 4.52 Å². The lowest BCUT2D eigenvalue weighted by molar-refractivity contribution is 0.374. The molecule has 0 spiro atoms. The normalized spacial score (nSPS) is 11.0. The second-order valence-electron chi connectivity index (χ2n) is 3.55. The van der Waals surface area contributed by atoms with Crippen LogP contribution in [0.1, 0.15) is 31.6 Å². The molecule has 0 saturated heterocycles. The molecule has 0 amide bonds. The van der Waals surface area contributed by atoms with Gasteiger partial charge in [-0.3, -0.25) is 0 Å². The summed E-state index contributed by atoms with van der Waals surface area (Å²) in [5.41, 5.74) is 6.54. The fourth-order valence-corrected chi connectivity index (χ4v) is 1.04. The Balaban J connectivity index is 2.58. The molecule has 0 aromatic carbocycles. The van der Waals surface area contributed by atoms with E-state index in [0.717, 1.165) is 24.2 Å². The molecule has 3 heteroatoms. The maximum absolute atomic E-state index is 5.54. The van der Waals surface area contributed by atoms with Gasteiger partial charge in [-0.25, -0.2) is 0 Å². The molecule has 12 heavy (non-hydrogen) atoms. The van der Waals surface area contributed by atoms with Gasteiger partial charge >= 0.3 is 0 Å². The molecule has 0 unspecified atom stereocenters. The maximum Gasteiger partial charge on any atom is 0.169 e. The van der Waals surface area contributed by atoms with Crippen LogP contribution in [-0.2, 0) is 6.42 Å². The van der Waals surface area contributed by atoms with Crippen LogP contribution in [0.3, 0.4) is 0 Å². The Hall–Kier alpha value is -0.990. The standard InChI is InChI=1S/C9H16N2O/c1-6(2)4-5-8-7(3)9(10)11-12-8/h6H,4-5H2,1-3H3,(H2,10,11). The van der Waals surface area contributed by atoms with Crippen LogP contribution in [0, 0.1) is 12.8 Å². The zero-order chi connectivity index (χ0) is 9.14. The highest BCUT2D eigenvalue weighted by atomic mass is 16.5. The average Bonchev–Trinajstić information content (AvgIpc) is 2.30. The molecule has 68 valence electrons. The fourth-order valence-electron chi connectivity index (χ4n) is 1.04. The van der Waals surface area contributed by atoms with Crippen molar-refractivity contribution in [3.8, 4) is 0 Å². The quantitative estimate of drug-likeness (QED) is 0.752. The zero-order valence-electron chi connectivity index (χ0n) is 7.92. The van der Waals surface area contributed by atoms with E-state index in [-0.39, 0.29) is 0 Å². The number of nitrogen functional groups attached to an aromatic ring is 1. The second kappa shape index (κ2) is 3.61. The molecular formula is C9H16N2O. The molecule has 0 fully saturated rings. The van der Waals surface area contributed by atoms with Gasteiger partial charge in [-0.15, -0.1) is 0 Å². The molecule has 0 aliphatic rings. The van der Waals surface area contributed by atoms with Crippen LogP contribution in [0.4, 0.5) is 5.82 Å². The van der Waals surface area contributed by atoms with E-state index >= 15 is 0 Å². The second-order valence-corrected chi connectivity index (χ2v) is 3.55. The lowest BCUT2D eigenvalue weighted by Crippen LogP contribution is -1.93. The van der Waals surface area contributed by atoms with E-state index in [1.807, 2.05) is 6.92 Å². The number of hydrogen-bond acceptors (Lipinski definition) is 3. The Morgan fingerprint density at radius 1 is 1.50 bits per heavy atom. The lowest BCUT2D eigenvalue weighted by Gasteiger charge is -2.00. The highest BCUT2D eigenvalue weighted by Gasteiger charge is 2.08. The van der Waals surface area contributed by atoms with Crippen LogP contribution in [0.15, 0.2) is 4.52 Å². The summed E-state index contributed by atoms with van der Waals surface area (Å²) in [5.74, 6) is 2.14. The van der Waals surface area contributed by atoms with Gasteiger partial charge in [0.25, 0.3) is 0 Å². The first-order valence-corrected chi connectivity index (χ1v) is 4.32.